The van der Waals surface area contributed by atoms with Gasteiger partial charge in [-0.1, -0.05) is 42.9 Å². The van der Waals surface area contributed by atoms with Crippen LogP contribution in [0.25, 0.3) is 0 Å². The van der Waals surface area contributed by atoms with Crippen LogP contribution in [0.5, 0.6) is 0 Å². The largest absolute Gasteiger partial charge is 0.481 e. The van der Waals surface area contributed by atoms with Crippen LogP contribution >= 0.6 is 0 Å². The smallest absolute Gasteiger partial charge is 0.411 e. The normalized spacial score (nSPS) is 13.3. The first-order valence-electron chi connectivity index (χ1n) is 16.2. The van der Waals surface area contributed by atoms with Gasteiger partial charge in [0.15, 0.2) is 0 Å². The molecule has 0 heterocycles. The first-order chi connectivity index (χ1) is 21.6. The van der Waals surface area contributed by atoms with Crippen LogP contribution in [0.3, 0.4) is 0 Å². The molecule has 252 valence electrons. The predicted octanol–water partition coefficient (Wildman–Crippen LogP) is 5.96. The van der Waals surface area contributed by atoms with Crippen molar-refractivity contribution in [3.8, 4) is 23.7 Å². The molecule has 1 aromatic rings. The molecule has 0 atom stereocenters. The second kappa shape index (κ2) is 18.7. The van der Waals surface area contributed by atoms with Gasteiger partial charge in [0.05, 0.1) is 13.1 Å². The Hall–Kier alpha value is -4.18. The van der Waals surface area contributed by atoms with Crippen LogP contribution in [0.15, 0.2) is 24.3 Å². The van der Waals surface area contributed by atoms with Crippen molar-refractivity contribution in [2.75, 3.05) is 26.2 Å². The number of carboxylic acid groups (broad SMARTS) is 1. The lowest BCUT2D eigenvalue weighted by molar-refractivity contribution is -0.137. The first-order valence-corrected chi connectivity index (χ1v) is 16.2. The number of hydrogen-bond donors (Lipinski definition) is 2. The van der Waals surface area contributed by atoms with E-state index in [2.05, 4.69) is 29.0 Å². The number of nitrogens with zero attached hydrogens (tertiary/aromatic N) is 2. The van der Waals surface area contributed by atoms with E-state index in [1.165, 1.54) is 16.2 Å². The minimum Gasteiger partial charge on any atom is -0.481 e. The summed E-state index contributed by atoms with van der Waals surface area (Å²) in [5.41, 5.74) is 0.134. The average Bonchev–Trinajstić information content (AvgIpc) is 2.95. The van der Waals surface area contributed by atoms with Crippen LogP contribution in [0.1, 0.15) is 110 Å². The third-order valence-electron chi connectivity index (χ3n) is 6.81. The highest BCUT2D eigenvalue weighted by Gasteiger charge is 2.23. The summed E-state index contributed by atoms with van der Waals surface area (Å²) in [4.78, 5) is 51.7. The second-order valence-corrected chi connectivity index (χ2v) is 13.5. The highest BCUT2D eigenvalue weighted by Crippen LogP contribution is 2.18. The van der Waals surface area contributed by atoms with Crippen molar-refractivity contribution < 1.29 is 33.8 Å². The van der Waals surface area contributed by atoms with Crippen LogP contribution < -0.4 is 5.32 Å². The van der Waals surface area contributed by atoms with Crippen LogP contribution in [0.2, 0.25) is 0 Å². The molecule has 0 radical (unpaired) electrons. The summed E-state index contributed by atoms with van der Waals surface area (Å²) >= 11 is 0. The van der Waals surface area contributed by atoms with Crippen molar-refractivity contribution in [2.45, 2.75) is 117 Å². The Labute approximate surface area is 274 Å². The fourth-order valence-corrected chi connectivity index (χ4v) is 4.63. The number of benzene rings is 1. The van der Waals surface area contributed by atoms with E-state index in [0.717, 1.165) is 36.8 Å². The lowest BCUT2D eigenvalue weighted by atomic mass is 9.95. The summed E-state index contributed by atoms with van der Waals surface area (Å²) in [6.45, 7) is 11.6. The van der Waals surface area contributed by atoms with Gasteiger partial charge in [-0.25, -0.2) is 9.59 Å². The zero-order valence-corrected chi connectivity index (χ0v) is 28.4. The molecule has 1 aliphatic carbocycles. The highest BCUT2D eigenvalue weighted by atomic mass is 16.6. The molecule has 10 heteroatoms. The maximum absolute atomic E-state index is 12.8. The predicted molar refractivity (Wildman–Crippen MR) is 177 cm³/mol. The fourth-order valence-electron chi connectivity index (χ4n) is 4.63. The van der Waals surface area contributed by atoms with E-state index in [4.69, 9.17) is 14.6 Å². The zero-order valence-electron chi connectivity index (χ0n) is 28.4. The third-order valence-corrected chi connectivity index (χ3v) is 6.81. The molecule has 0 bridgehead atoms. The quantitative estimate of drug-likeness (QED) is 0.287. The van der Waals surface area contributed by atoms with Gasteiger partial charge in [0.2, 0.25) is 5.91 Å². The Morgan fingerprint density at radius 2 is 1.20 bits per heavy atom. The number of rotatable bonds is 11. The van der Waals surface area contributed by atoms with Crippen molar-refractivity contribution >= 4 is 24.1 Å². The minimum absolute atomic E-state index is 0.0149. The molecule has 0 aliphatic heterocycles. The van der Waals surface area contributed by atoms with E-state index >= 15 is 0 Å². The van der Waals surface area contributed by atoms with Crippen LogP contribution in [0, 0.1) is 23.7 Å². The van der Waals surface area contributed by atoms with Gasteiger partial charge in [0.1, 0.15) is 11.2 Å². The SMILES string of the molecule is CC(C)(C)OC(=O)N(CC#Cc1ccc(C#CCN(CCCC(=O)NC2CCCCC2)C(=O)OC(C)(C)C)cc1)CCCC(=O)O. The minimum atomic E-state index is -0.926. The number of nitrogens with one attached hydrogen (secondary N) is 1. The van der Waals surface area contributed by atoms with Crippen molar-refractivity contribution in [3.63, 3.8) is 0 Å². The van der Waals surface area contributed by atoms with Crippen molar-refractivity contribution in [2.24, 2.45) is 0 Å². The summed E-state index contributed by atoms with van der Waals surface area (Å²) in [5.74, 6) is 11.2. The second-order valence-electron chi connectivity index (χ2n) is 13.5. The van der Waals surface area contributed by atoms with Crippen LogP contribution in [0.4, 0.5) is 9.59 Å². The Bertz CT molecular complexity index is 1280. The number of carbonyl (C=O) groups is 4. The molecule has 1 fully saturated rings. The topological polar surface area (TPSA) is 125 Å². The molecule has 2 rings (SSSR count). The van der Waals surface area contributed by atoms with Gasteiger partial charge in [0.25, 0.3) is 0 Å². The number of aliphatic carboxylic acids is 1. The maximum Gasteiger partial charge on any atom is 0.411 e. The van der Waals surface area contributed by atoms with E-state index in [-0.39, 0.29) is 38.0 Å². The molecule has 0 unspecified atom stereocenters. The van der Waals surface area contributed by atoms with Gasteiger partial charge in [0, 0.05) is 43.1 Å². The Morgan fingerprint density at radius 1 is 0.761 bits per heavy atom. The molecule has 2 N–H and O–H groups in total. The highest BCUT2D eigenvalue weighted by molar-refractivity contribution is 5.76. The molecule has 0 aromatic heterocycles. The van der Waals surface area contributed by atoms with Gasteiger partial charge >= 0.3 is 18.2 Å². The van der Waals surface area contributed by atoms with Gasteiger partial charge in [-0.05, 0) is 91.5 Å². The number of ether oxygens (including phenoxy) is 2. The maximum atomic E-state index is 12.8. The Kier molecular flexibility index (Phi) is 15.5. The van der Waals surface area contributed by atoms with Crippen molar-refractivity contribution in [1.82, 2.24) is 15.1 Å². The van der Waals surface area contributed by atoms with Crippen LogP contribution in [-0.4, -0.2) is 82.4 Å². The van der Waals surface area contributed by atoms with E-state index in [0.29, 0.717) is 25.8 Å². The van der Waals surface area contributed by atoms with Gasteiger partial charge in [-0.15, -0.1) is 0 Å². The van der Waals surface area contributed by atoms with Crippen LogP contribution in [-0.2, 0) is 19.1 Å². The zero-order chi connectivity index (χ0) is 34.2. The fraction of sp³-hybridized carbons (Fsp3) is 0.611. The monoisotopic (exact) mass is 637 g/mol. The number of amides is 3. The van der Waals surface area contributed by atoms with Crippen molar-refractivity contribution in [1.29, 1.82) is 0 Å². The van der Waals surface area contributed by atoms with Gasteiger partial charge in [-0.2, -0.15) is 0 Å². The van der Waals surface area contributed by atoms with Gasteiger partial charge in [-0.3, -0.25) is 19.4 Å². The summed E-state index contributed by atoms with van der Waals surface area (Å²) in [6.07, 6.45) is 5.67. The molecule has 3 amide bonds. The summed E-state index contributed by atoms with van der Waals surface area (Å²) in [6, 6.07) is 7.53. The molecule has 0 spiro atoms. The summed E-state index contributed by atoms with van der Waals surface area (Å²) < 4.78 is 11.0. The Balaban J connectivity index is 1.98. The number of hydrogen-bond acceptors (Lipinski definition) is 6. The number of carbonyl (C=O) groups excluding carboxylic acids is 3. The molecule has 1 aliphatic rings. The first kappa shape index (κ1) is 38.0. The molecule has 0 saturated heterocycles. The molecule has 10 nitrogen and oxygen atoms in total. The number of carboxylic acids is 1. The van der Waals surface area contributed by atoms with E-state index in [1.807, 2.05) is 45.0 Å². The summed E-state index contributed by atoms with van der Waals surface area (Å²) in [5, 5.41) is 12.1. The van der Waals surface area contributed by atoms with Crippen molar-refractivity contribution in [3.05, 3.63) is 35.4 Å². The molecule has 1 saturated carbocycles. The standard InChI is InChI=1S/C36H51N3O7/c1-35(2,3)45-33(43)38(26-12-18-31(40)37-30-16-8-7-9-17-30)24-10-14-28-20-22-29(23-21-28)15-11-25-39(27-13-19-32(41)42)34(44)46-36(4,5)6/h20-23,30H,7-9,12-13,16-19,24-27H2,1-6H3,(H,37,40)(H,41,42). The average molecular weight is 638 g/mol. The molecular formula is C36H51N3O7. The van der Waals surface area contributed by atoms with E-state index in [1.54, 1.807) is 20.8 Å². The third kappa shape index (κ3) is 16.8. The van der Waals surface area contributed by atoms with E-state index < -0.39 is 29.4 Å². The molecule has 1 aromatic carbocycles. The summed E-state index contributed by atoms with van der Waals surface area (Å²) in [7, 11) is 0. The molecular weight excluding hydrogens is 586 g/mol. The molecule has 46 heavy (non-hydrogen) atoms. The lowest BCUT2D eigenvalue weighted by Gasteiger charge is -2.26. The van der Waals surface area contributed by atoms with E-state index in [9.17, 15) is 19.2 Å². The lowest BCUT2D eigenvalue weighted by Crippen LogP contribution is -2.39. The van der Waals surface area contributed by atoms with Gasteiger partial charge < -0.3 is 19.9 Å². The Morgan fingerprint density at radius 3 is 1.61 bits per heavy atom.